The Morgan fingerprint density at radius 3 is 1.90 bits per heavy atom. The van der Waals surface area contributed by atoms with E-state index in [-0.39, 0.29) is 124 Å². The normalized spacial score (nSPS) is 15.8. The number of esters is 1. The van der Waals surface area contributed by atoms with E-state index in [1.165, 1.54) is 12.1 Å². The maximum atomic E-state index is 14.2. The Morgan fingerprint density at radius 2 is 1.31 bits per heavy atom. The number of unbranched alkanes of at least 4 members (excludes halogenated alkanes) is 2. The van der Waals surface area contributed by atoms with Crippen LogP contribution in [0, 0.1) is 29.1 Å². The van der Waals surface area contributed by atoms with E-state index in [0.717, 1.165) is 17.2 Å². The van der Waals surface area contributed by atoms with Crippen molar-refractivity contribution in [3.05, 3.63) is 112 Å². The summed E-state index contributed by atoms with van der Waals surface area (Å²) in [6, 6.07) is 11.1. The van der Waals surface area contributed by atoms with Crippen LogP contribution in [0.1, 0.15) is 89.5 Å². The minimum atomic E-state index is -5.01. The van der Waals surface area contributed by atoms with Crippen LogP contribution in [0.25, 0.3) is 17.4 Å². The summed E-state index contributed by atoms with van der Waals surface area (Å²) in [6.07, 6.45) is 4.80. The predicted octanol–water partition coefficient (Wildman–Crippen LogP) is 0.860. The monoisotopic (exact) mass is 1210 g/mol. The molecule has 18 nitrogen and oxygen atoms in total. The summed E-state index contributed by atoms with van der Waals surface area (Å²) in [5.41, 5.74) is 1.17. The Hall–Kier alpha value is -3.16. The van der Waals surface area contributed by atoms with Gasteiger partial charge in [0.2, 0.25) is 40.2 Å². The van der Waals surface area contributed by atoms with Crippen LogP contribution in [-0.4, -0.2) is 129 Å². The third-order valence-electron chi connectivity index (χ3n) is 12.7. The largest absolute Gasteiger partial charge is 1.00 e. The van der Waals surface area contributed by atoms with Gasteiger partial charge < -0.3 is 46.7 Å². The number of hydrogen-bond donors (Lipinski definition) is 0. The second-order valence-electron chi connectivity index (χ2n) is 19.5. The van der Waals surface area contributed by atoms with E-state index in [9.17, 15) is 65.7 Å². The van der Waals surface area contributed by atoms with Gasteiger partial charge >= 0.3 is 65.1 Å². The summed E-state index contributed by atoms with van der Waals surface area (Å²) in [6.45, 7) is 10.8. The van der Waals surface area contributed by atoms with Gasteiger partial charge in [-0.25, -0.2) is 43.0 Å². The van der Waals surface area contributed by atoms with Gasteiger partial charge in [-0.2, -0.15) is 8.78 Å². The smallest absolute Gasteiger partial charge is 0.748 e. The topological polar surface area (TPSA) is 254 Å². The van der Waals surface area contributed by atoms with E-state index in [2.05, 4.69) is 4.74 Å². The zero-order valence-corrected chi connectivity index (χ0v) is 52.2. The summed E-state index contributed by atoms with van der Waals surface area (Å²) >= 11 is 0. The summed E-state index contributed by atoms with van der Waals surface area (Å²) in [4.78, 5) is 13.7. The fourth-order valence-corrected chi connectivity index (χ4v) is 10.3. The van der Waals surface area contributed by atoms with Crippen molar-refractivity contribution < 1.29 is 153 Å². The molecule has 0 saturated carbocycles. The summed E-state index contributed by atoms with van der Waals surface area (Å²) in [5.74, 6) is -15.2. The molecule has 1 atom stereocenters. The van der Waals surface area contributed by atoms with Crippen molar-refractivity contribution in [3.63, 3.8) is 0 Å². The van der Waals surface area contributed by atoms with E-state index in [4.69, 9.17) is 23.4 Å². The number of carbonyl (C=O) groups is 1. The Morgan fingerprint density at radius 1 is 0.725 bits per heavy atom. The number of hydrogen-bond acceptors (Lipinski definition) is 17. The van der Waals surface area contributed by atoms with Gasteiger partial charge in [-0.15, -0.1) is 0 Å². The molecule has 2 heterocycles. The summed E-state index contributed by atoms with van der Waals surface area (Å²) < 4.78 is 211. The first-order chi connectivity index (χ1) is 36.6. The molecule has 0 amide bonds. The molecular weight excluding hydrogens is 1150 g/mol. The molecule has 0 saturated heterocycles. The molecule has 1 aliphatic carbocycles. The zero-order chi connectivity index (χ0) is 57.6. The fraction of sp³-hybridized carbons (Fsp3) is 0.500. The molecule has 3 aliphatic rings. The number of ether oxygens (including phenoxy) is 5. The van der Waals surface area contributed by atoms with Crippen molar-refractivity contribution in [2.45, 2.75) is 88.4 Å². The van der Waals surface area contributed by atoms with E-state index in [1.54, 1.807) is 43.2 Å². The zero-order valence-electron chi connectivity index (χ0n) is 45.7. The number of benzene rings is 3. The summed E-state index contributed by atoms with van der Waals surface area (Å²) in [5, 5.41) is 0.638. The maximum absolute atomic E-state index is 14.2. The first-order valence-corrected chi connectivity index (χ1v) is 29.4. The fourth-order valence-electron chi connectivity index (χ4n) is 8.84. The average Bonchev–Trinajstić information content (AvgIpc) is 3.58. The standard InChI is InChI=1S/C52H65F5N2O16S3.2Na/c1-51(2,3)39-33-36(74-42-32-35(15-17-38(39)42)58(20-11-31-77(64,65)66)22-23-71-26-27-73-29-28-72-25-24-70-5)12-9-13-43-52(4,19-10-30-76(61,62)63)40-34-37(78(67,68)69)16-18-41(40)59(43)21-8-6-7-14-44(60)75-50-48(56)46(54)45(53)47(55)49(50)57;;/h9,12-13,15-18,32-34H,6-8,10-11,14,19-31H2,1-5H3,(H2-,61,62,63,64,65,66,67,68,69);;/q;2*+1/p-2. The second-order valence-corrected chi connectivity index (χ2v) is 23.9. The molecule has 2 aromatic carbocycles. The van der Waals surface area contributed by atoms with Gasteiger partial charge in [0, 0.05) is 66.4 Å². The van der Waals surface area contributed by atoms with Crippen LogP contribution in [0.3, 0.4) is 0 Å². The molecule has 0 spiro atoms. The van der Waals surface area contributed by atoms with Gasteiger partial charge in [0.25, 0.3) is 0 Å². The quantitative estimate of drug-likeness (QED) is 0.00808. The van der Waals surface area contributed by atoms with Gasteiger partial charge in [0.05, 0.1) is 70.8 Å². The number of nitrogens with zero attached hydrogens (tertiary/aromatic N) is 2. The minimum Gasteiger partial charge on any atom is -0.748 e. The van der Waals surface area contributed by atoms with E-state index in [1.807, 2.05) is 43.5 Å². The third-order valence-corrected chi connectivity index (χ3v) is 15.1. The SMILES string of the molecule is COCCOCCOCCOCC[N+](CCCS(=O)(=O)[O-])=c1ccc2c(C(C)(C)C)cc(/C=C/C=C3/N(CCCCCC(=O)Oc4c(F)c(F)c(F)c(F)c4F)c4ccc(S(=O)(=O)[O-])cc4C3(C)CCCS(=O)(=O)[O-])oc-2c1.[Na+].[Na+]. The van der Waals surface area contributed by atoms with Gasteiger partial charge in [0.1, 0.15) is 34.8 Å². The molecule has 1 unspecified atom stereocenters. The molecule has 2 aromatic rings. The minimum absolute atomic E-state index is 0. The second kappa shape index (κ2) is 31.7. The van der Waals surface area contributed by atoms with E-state index >= 15 is 0 Å². The predicted molar refractivity (Wildman–Crippen MR) is 273 cm³/mol. The van der Waals surface area contributed by atoms with E-state index < -0.39 is 105 Å². The molecule has 432 valence electrons. The van der Waals surface area contributed by atoms with Gasteiger partial charge in [-0.05, 0) is 91.6 Å². The Labute approximate surface area is 507 Å². The maximum Gasteiger partial charge on any atom is 1.00 e. The number of rotatable bonds is 30. The first kappa shape index (κ1) is 71.1. The molecule has 0 bridgehead atoms. The number of allylic oxidation sites excluding steroid dienone is 3. The van der Waals surface area contributed by atoms with Crippen molar-refractivity contribution >= 4 is 48.1 Å². The van der Waals surface area contributed by atoms with Crippen LogP contribution >= 0.6 is 0 Å². The third kappa shape index (κ3) is 20.6. The van der Waals surface area contributed by atoms with Crippen molar-refractivity contribution in [3.8, 4) is 17.1 Å². The van der Waals surface area contributed by atoms with Crippen LogP contribution in [0.2, 0.25) is 0 Å². The van der Waals surface area contributed by atoms with Gasteiger partial charge in [0.15, 0.2) is 6.54 Å². The number of fused-ring (bicyclic) bond motifs is 2. The van der Waals surface area contributed by atoms with E-state index in [0.29, 0.717) is 73.4 Å². The Bertz CT molecular complexity index is 3180. The van der Waals surface area contributed by atoms with Crippen LogP contribution in [0.4, 0.5) is 27.6 Å². The molecule has 5 rings (SSSR count). The number of methoxy groups -OCH3 is 1. The Kier molecular flexibility index (Phi) is 28.1. The van der Waals surface area contributed by atoms with Crippen molar-refractivity contribution in [1.29, 1.82) is 0 Å². The molecule has 28 heteroatoms. The first-order valence-electron chi connectivity index (χ1n) is 24.8. The van der Waals surface area contributed by atoms with Crippen LogP contribution < -0.4 is 78.7 Å². The molecule has 2 aliphatic heterocycles. The van der Waals surface area contributed by atoms with Crippen LogP contribution in [0.15, 0.2) is 69.6 Å². The molecular formula is C52H63F5N2Na2O16S3. The number of anilines is 1. The molecule has 80 heavy (non-hydrogen) atoms. The number of halogens is 5. The van der Waals surface area contributed by atoms with Crippen LogP contribution in [0.5, 0.6) is 5.75 Å². The van der Waals surface area contributed by atoms with Crippen molar-refractivity contribution in [2.75, 3.05) is 89.4 Å². The molecule has 0 fully saturated rings. The van der Waals surface area contributed by atoms with Gasteiger partial charge in [-0.3, -0.25) is 4.79 Å². The molecule has 0 aromatic heterocycles. The van der Waals surface area contributed by atoms with Crippen LogP contribution in [-0.2, 0) is 64.9 Å². The van der Waals surface area contributed by atoms with Crippen molar-refractivity contribution in [2.24, 2.45) is 0 Å². The average molecular weight is 1210 g/mol. The molecule has 0 radical (unpaired) electrons. The number of carbonyl (C=O) groups excluding carboxylic acids is 1. The molecule has 0 N–H and O–H groups in total. The summed E-state index contributed by atoms with van der Waals surface area (Å²) in [7, 11) is -12.6. The van der Waals surface area contributed by atoms with Crippen molar-refractivity contribution in [1.82, 2.24) is 4.58 Å². The Balaban J connectivity index is 0.00000840. The van der Waals surface area contributed by atoms with Gasteiger partial charge in [-0.1, -0.05) is 33.3 Å².